The van der Waals surface area contributed by atoms with Crippen molar-refractivity contribution in [2.24, 2.45) is 5.92 Å². The van der Waals surface area contributed by atoms with Gasteiger partial charge in [-0.2, -0.15) is 0 Å². The number of rotatable bonds is 0. The van der Waals surface area contributed by atoms with E-state index in [0.29, 0.717) is 5.92 Å². The van der Waals surface area contributed by atoms with E-state index in [-0.39, 0.29) is 5.38 Å². The first-order chi connectivity index (χ1) is 5.70. The molecular weight excluding hydrogens is 235 g/mol. The summed E-state index contributed by atoms with van der Waals surface area (Å²) in [5.74, 6) is 0.570. The van der Waals surface area contributed by atoms with E-state index >= 15 is 0 Å². The van der Waals surface area contributed by atoms with E-state index in [2.05, 4.69) is 41.1 Å². The summed E-state index contributed by atoms with van der Waals surface area (Å²) in [6.07, 6.45) is 1.10. The molecule has 2 rings (SSSR count). The lowest BCUT2D eigenvalue weighted by atomic mass is 10.1. The van der Waals surface area contributed by atoms with E-state index in [1.165, 1.54) is 15.6 Å². The molecule has 64 valence electrons. The minimum atomic E-state index is 0.206. The van der Waals surface area contributed by atoms with Crippen LogP contribution in [0.1, 0.15) is 23.4 Å². The predicted molar refractivity (Wildman–Crippen MR) is 55.6 cm³/mol. The van der Waals surface area contributed by atoms with Gasteiger partial charge in [-0.15, -0.1) is 11.6 Å². The second kappa shape index (κ2) is 3.04. The number of fused-ring (bicyclic) bond motifs is 1. The van der Waals surface area contributed by atoms with Crippen LogP contribution in [-0.4, -0.2) is 0 Å². The minimum absolute atomic E-state index is 0.206. The third-order valence-electron chi connectivity index (χ3n) is 2.48. The molecule has 2 unspecified atom stereocenters. The van der Waals surface area contributed by atoms with Crippen molar-refractivity contribution in [2.75, 3.05) is 0 Å². The molecule has 0 saturated carbocycles. The first kappa shape index (κ1) is 8.58. The van der Waals surface area contributed by atoms with Crippen molar-refractivity contribution < 1.29 is 0 Å². The number of alkyl halides is 1. The fourth-order valence-corrected chi connectivity index (χ4v) is 2.62. The summed E-state index contributed by atoms with van der Waals surface area (Å²) in [7, 11) is 0. The van der Waals surface area contributed by atoms with E-state index in [0.717, 1.165) is 6.42 Å². The zero-order chi connectivity index (χ0) is 8.72. The number of benzene rings is 1. The van der Waals surface area contributed by atoms with Gasteiger partial charge in [0.05, 0.1) is 5.38 Å². The molecule has 0 nitrogen and oxygen atoms in total. The van der Waals surface area contributed by atoms with Gasteiger partial charge in [-0.25, -0.2) is 0 Å². The van der Waals surface area contributed by atoms with Crippen LogP contribution >= 0.6 is 27.5 Å². The number of halogens is 2. The average molecular weight is 246 g/mol. The molecule has 0 fully saturated rings. The van der Waals surface area contributed by atoms with Crippen molar-refractivity contribution >= 4 is 27.5 Å². The van der Waals surface area contributed by atoms with Crippen LogP contribution in [0.3, 0.4) is 0 Å². The van der Waals surface area contributed by atoms with Crippen molar-refractivity contribution in [1.29, 1.82) is 0 Å². The lowest BCUT2D eigenvalue weighted by Crippen LogP contribution is -1.94. The maximum absolute atomic E-state index is 6.24. The third-order valence-corrected chi connectivity index (χ3v) is 3.89. The molecule has 1 aromatic rings. The van der Waals surface area contributed by atoms with Gasteiger partial charge >= 0.3 is 0 Å². The van der Waals surface area contributed by atoms with Crippen molar-refractivity contribution in [3.05, 3.63) is 33.8 Å². The summed E-state index contributed by atoms with van der Waals surface area (Å²) in [5.41, 5.74) is 2.70. The largest absolute Gasteiger partial charge is 0.118 e. The summed E-state index contributed by atoms with van der Waals surface area (Å²) >= 11 is 9.79. The molecule has 2 atom stereocenters. The SMILES string of the molecule is CC1Cc2c(Br)cccc2C1Cl. The maximum atomic E-state index is 6.24. The van der Waals surface area contributed by atoms with Crippen molar-refractivity contribution in [3.63, 3.8) is 0 Å². The first-order valence-electron chi connectivity index (χ1n) is 4.11. The standard InChI is InChI=1S/C10H10BrCl/c1-6-5-8-7(10(6)12)3-2-4-9(8)11/h2-4,6,10H,5H2,1H3. The molecule has 0 amide bonds. The maximum Gasteiger partial charge on any atom is 0.0617 e. The normalized spacial score (nSPS) is 27.2. The van der Waals surface area contributed by atoms with E-state index in [4.69, 9.17) is 11.6 Å². The van der Waals surface area contributed by atoms with Crippen LogP contribution in [0.15, 0.2) is 22.7 Å². The zero-order valence-corrected chi connectivity index (χ0v) is 9.19. The molecule has 2 heteroatoms. The van der Waals surface area contributed by atoms with E-state index in [1.807, 2.05) is 0 Å². The Kier molecular flexibility index (Phi) is 2.18. The molecule has 0 bridgehead atoms. The van der Waals surface area contributed by atoms with Crippen LogP contribution < -0.4 is 0 Å². The quantitative estimate of drug-likeness (QED) is 0.608. The van der Waals surface area contributed by atoms with Gasteiger partial charge in [0.15, 0.2) is 0 Å². The Bertz CT molecular complexity index is 309. The van der Waals surface area contributed by atoms with Crippen LogP contribution in [0.2, 0.25) is 0 Å². The van der Waals surface area contributed by atoms with E-state index in [9.17, 15) is 0 Å². The average Bonchev–Trinajstić information content (AvgIpc) is 2.32. The molecule has 0 heterocycles. The van der Waals surface area contributed by atoms with Gasteiger partial charge in [0.25, 0.3) is 0 Å². The molecule has 1 aromatic carbocycles. The summed E-state index contributed by atoms with van der Waals surface area (Å²) in [6.45, 7) is 2.20. The molecule has 0 aromatic heterocycles. The van der Waals surface area contributed by atoms with Gasteiger partial charge in [0.1, 0.15) is 0 Å². The lowest BCUT2D eigenvalue weighted by Gasteiger charge is -2.05. The van der Waals surface area contributed by atoms with E-state index in [1.54, 1.807) is 0 Å². The summed E-state index contributed by atoms with van der Waals surface area (Å²) in [6, 6.07) is 6.26. The Morgan fingerprint density at radius 1 is 1.50 bits per heavy atom. The van der Waals surface area contributed by atoms with Gasteiger partial charge in [-0.1, -0.05) is 35.0 Å². The molecule has 0 aliphatic heterocycles. The fourth-order valence-electron chi connectivity index (χ4n) is 1.78. The molecule has 0 N–H and O–H groups in total. The van der Waals surface area contributed by atoms with Crippen molar-refractivity contribution in [1.82, 2.24) is 0 Å². The van der Waals surface area contributed by atoms with Gasteiger partial charge in [-0.05, 0) is 29.5 Å². The number of hydrogen-bond donors (Lipinski definition) is 0. The van der Waals surface area contributed by atoms with Gasteiger partial charge < -0.3 is 0 Å². The van der Waals surface area contributed by atoms with Crippen LogP contribution in [0, 0.1) is 5.92 Å². The Labute approximate surface area is 86.1 Å². The highest BCUT2D eigenvalue weighted by Gasteiger charge is 2.28. The lowest BCUT2D eigenvalue weighted by molar-refractivity contribution is 0.608. The predicted octanol–water partition coefficient (Wildman–Crippen LogP) is 3.92. The van der Waals surface area contributed by atoms with Crippen molar-refractivity contribution in [2.45, 2.75) is 18.7 Å². The topological polar surface area (TPSA) is 0 Å². The van der Waals surface area contributed by atoms with Crippen LogP contribution in [0.25, 0.3) is 0 Å². The molecule has 1 aliphatic carbocycles. The molecular formula is C10H10BrCl. The monoisotopic (exact) mass is 244 g/mol. The zero-order valence-electron chi connectivity index (χ0n) is 6.85. The fraction of sp³-hybridized carbons (Fsp3) is 0.400. The Morgan fingerprint density at radius 2 is 2.25 bits per heavy atom. The minimum Gasteiger partial charge on any atom is -0.118 e. The van der Waals surface area contributed by atoms with Crippen molar-refractivity contribution in [3.8, 4) is 0 Å². The van der Waals surface area contributed by atoms with Crippen LogP contribution in [0.4, 0.5) is 0 Å². The highest BCUT2D eigenvalue weighted by atomic mass is 79.9. The second-order valence-electron chi connectivity index (χ2n) is 3.39. The third kappa shape index (κ3) is 1.20. The smallest absolute Gasteiger partial charge is 0.0617 e. The summed E-state index contributed by atoms with van der Waals surface area (Å²) < 4.78 is 1.20. The molecule has 1 aliphatic rings. The Hall–Kier alpha value is -0.0100. The van der Waals surface area contributed by atoms with Crippen LogP contribution in [-0.2, 0) is 6.42 Å². The first-order valence-corrected chi connectivity index (χ1v) is 5.34. The van der Waals surface area contributed by atoms with Gasteiger partial charge in [-0.3, -0.25) is 0 Å². The highest BCUT2D eigenvalue weighted by molar-refractivity contribution is 9.10. The summed E-state index contributed by atoms with van der Waals surface area (Å²) in [5, 5.41) is 0.206. The van der Waals surface area contributed by atoms with Crippen LogP contribution in [0.5, 0.6) is 0 Å². The Morgan fingerprint density at radius 3 is 2.92 bits per heavy atom. The molecule has 0 saturated heterocycles. The molecule has 0 spiro atoms. The highest BCUT2D eigenvalue weighted by Crippen LogP contribution is 2.42. The second-order valence-corrected chi connectivity index (χ2v) is 4.72. The van der Waals surface area contributed by atoms with Gasteiger partial charge in [0, 0.05) is 4.47 Å². The molecule has 12 heavy (non-hydrogen) atoms. The number of hydrogen-bond acceptors (Lipinski definition) is 0. The van der Waals surface area contributed by atoms with E-state index < -0.39 is 0 Å². The Balaban J connectivity index is 2.53. The van der Waals surface area contributed by atoms with Gasteiger partial charge in [0.2, 0.25) is 0 Å². The summed E-state index contributed by atoms with van der Waals surface area (Å²) in [4.78, 5) is 0. The molecule has 0 radical (unpaired) electrons.